The SMILES string of the molecule is CCOc1ccccc1-c1ccc(Br)c(OCOC)c1. The predicted molar refractivity (Wildman–Crippen MR) is 83.3 cm³/mol. The molecule has 106 valence electrons. The Labute approximate surface area is 127 Å². The van der Waals surface area contributed by atoms with E-state index in [4.69, 9.17) is 14.2 Å². The molecular weight excluding hydrogens is 320 g/mol. The van der Waals surface area contributed by atoms with Gasteiger partial charge >= 0.3 is 0 Å². The number of ether oxygens (including phenoxy) is 3. The minimum Gasteiger partial charge on any atom is -0.493 e. The lowest BCUT2D eigenvalue weighted by atomic mass is 10.0. The minimum atomic E-state index is 0.217. The first kappa shape index (κ1) is 14.9. The fraction of sp³-hybridized carbons (Fsp3) is 0.250. The van der Waals surface area contributed by atoms with E-state index in [-0.39, 0.29) is 6.79 Å². The van der Waals surface area contributed by atoms with Gasteiger partial charge in [0.05, 0.1) is 11.1 Å². The molecule has 0 atom stereocenters. The normalized spacial score (nSPS) is 10.3. The van der Waals surface area contributed by atoms with E-state index in [1.807, 2.05) is 49.4 Å². The van der Waals surface area contributed by atoms with E-state index in [9.17, 15) is 0 Å². The van der Waals surface area contributed by atoms with Gasteiger partial charge in [-0.3, -0.25) is 0 Å². The van der Waals surface area contributed by atoms with Gasteiger partial charge in [-0.2, -0.15) is 0 Å². The topological polar surface area (TPSA) is 27.7 Å². The summed E-state index contributed by atoms with van der Waals surface area (Å²) in [6.07, 6.45) is 0. The molecule has 0 radical (unpaired) electrons. The summed E-state index contributed by atoms with van der Waals surface area (Å²) in [7, 11) is 1.60. The number of halogens is 1. The third-order valence-corrected chi connectivity index (χ3v) is 3.42. The van der Waals surface area contributed by atoms with E-state index >= 15 is 0 Å². The summed E-state index contributed by atoms with van der Waals surface area (Å²) in [5.74, 6) is 1.62. The van der Waals surface area contributed by atoms with Crippen LogP contribution in [0.4, 0.5) is 0 Å². The van der Waals surface area contributed by atoms with Crippen LogP contribution in [0.1, 0.15) is 6.92 Å². The van der Waals surface area contributed by atoms with Crippen molar-refractivity contribution in [2.75, 3.05) is 20.5 Å². The van der Waals surface area contributed by atoms with Gasteiger partial charge in [-0.05, 0) is 46.6 Å². The van der Waals surface area contributed by atoms with E-state index in [0.717, 1.165) is 27.1 Å². The van der Waals surface area contributed by atoms with Gasteiger partial charge in [0, 0.05) is 12.7 Å². The Balaban J connectivity index is 2.37. The van der Waals surface area contributed by atoms with Crippen molar-refractivity contribution < 1.29 is 14.2 Å². The van der Waals surface area contributed by atoms with Gasteiger partial charge in [0.1, 0.15) is 11.5 Å². The van der Waals surface area contributed by atoms with Crippen LogP contribution >= 0.6 is 15.9 Å². The van der Waals surface area contributed by atoms with E-state index in [0.29, 0.717) is 6.61 Å². The highest BCUT2D eigenvalue weighted by molar-refractivity contribution is 9.10. The summed E-state index contributed by atoms with van der Waals surface area (Å²) in [5, 5.41) is 0. The summed E-state index contributed by atoms with van der Waals surface area (Å²) in [4.78, 5) is 0. The largest absolute Gasteiger partial charge is 0.493 e. The second kappa shape index (κ2) is 7.31. The molecule has 3 nitrogen and oxygen atoms in total. The molecule has 2 aromatic carbocycles. The molecule has 20 heavy (non-hydrogen) atoms. The van der Waals surface area contributed by atoms with Crippen LogP contribution in [0.5, 0.6) is 11.5 Å². The highest BCUT2D eigenvalue weighted by Crippen LogP contribution is 2.35. The van der Waals surface area contributed by atoms with Crippen molar-refractivity contribution in [3.05, 3.63) is 46.9 Å². The van der Waals surface area contributed by atoms with E-state index in [1.165, 1.54) is 0 Å². The fourth-order valence-corrected chi connectivity index (χ4v) is 2.25. The lowest BCUT2D eigenvalue weighted by Gasteiger charge is -2.12. The Hall–Kier alpha value is -1.52. The van der Waals surface area contributed by atoms with Crippen LogP contribution in [0.25, 0.3) is 11.1 Å². The molecule has 2 rings (SSSR count). The van der Waals surface area contributed by atoms with Crippen LogP contribution in [0.2, 0.25) is 0 Å². The van der Waals surface area contributed by atoms with Crippen molar-refractivity contribution in [1.82, 2.24) is 0 Å². The monoisotopic (exact) mass is 336 g/mol. The highest BCUT2D eigenvalue weighted by atomic mass is 79.9. The Bertz CT molecular complexity index is 569. The van der Waals surface area contributed by atoms with E-state index in [2.05, 4.69) is 15.9 Å². The van der Waals surface area contributed by atoms with Crippen molar-refractivity contribution in [2.24, 2.45) is 0 Å². The van der Waals surface area contributed by atoms with Gasteiger partial charge in [0.25, 0.3) is 0 Å². The molecule has 0 aliphatic rings. The molecule has 0 amide bonds. The first-order chi connectivity index (χ1) is 9.76. The zero-order chi connectivity index (χ0) is 14.4. The summed E-state index contributed by atoms with van der Waals surface area (Å²) in [5.41, 5.74) is 2.09. The minimum absolute atomic E-state index is 0.217. The summed E-state index contributed by atoms with van der Waals surface area (Å²) in [6.45, 7) is 2.83. The summed E-state index contributed by atoms with van der Waals surface area (Å²) in [6, 6.07) is 13.9. The number of hydrogen-bond acceptors (Lipinski definition) is 3. The maximum Gasteiger partial charge on any atom is 0.188 e. The molecule has 0 aliphatic heterocycles. The molecule has 0 saturated heterocycles. The number of hydrogen-bond donors (Lipinski definition) is 0. The molecule has 0 fully saturated rings. The van der Waals surface area contributed by atoms with Gasteiger partial charge in [0.15, 0.2) is 6.79 Å². The third kappa shape index (κ3) is 3.52. The molecule has 0 N–H and O–H groups in total. The lowest BCUT2D eigenvalue weighted by molar-refractivity contribution is 0.0506. The number of para-hydroxylation sites is 1. The van der Waals surface area contributed by atoms with Crippen LogP contribution in [0.15, 0.2) is 46.9 Å². The standard InChI is InChI=1S/C16H17BrO3/c1-3-19-15-7-5-4-6-13(15)12-8-9-14(17)16(10-12)20-11-18-2/h4-10H,3,11H2,1-2H3. The van der Waals surface area contributed by atoms with Crippen LogP contribution in [-0.2, 0) is 4.74 Å². The van der Waals surface area contributed by atoms with Crippen LogP contribution in [-0.4, -0.2) is 20.5 Å². The third-order valence-electron chi connectivity index (χ3n) is 2.76. The summed E-state index contributed by atoms with van der Waals surface area (Å²) >= 11 is 3.47. The Morgan fingerprint density at radius 2 is 1.80 bits per heavy atom. The second-order valence-corrected chi connectivity index (χ2v) is 4.98. The molecule has 2 aromatic rings. The molecule has 0 spiro atoms. The first-order valence-electron chi connectivity index (χ1n) is 6.39. The lowest BCUT2D eigenvalue weighted by Crippen LogP contribution is -2.00. The molecule has 0 bridgehead atoms. The quantitative estimate of drug-likeness (QED) is 0.727. The van der Waals surface area contributed by atoms with Crippen molar-refractivity contribution in [2.45, 2.75) is 6.92 Å². The Morgan fingerprint density at radius 1 is 1.00 bits per heavy atom. The molecule has 0 saturated carbocycles. The van der Waals surface area contributed by atoms with Gasteiger partial charge in [-0.1, -0.05) is 24.3 Å². The molecule has 4 heteroatoms. The average molecular weight is 337 g/mol. The molecule has 0 unspecified atom stereocenters. The van der Waals surface area contributed by atoms with E-state index in [1.54, 1.807) is 7.11 Å². The van der Waals surface area contributed by atoms with Crippen molar-refractivity contribution in [1.29, 1.82) is 0 Å². The maximum absolute atomic E-state index is 5.67. The fourth-order valence-electron chi connectivity index (χ4n) is 1.89. The highest BCUT2D eigenvalue weighted by Gasteiger charge is 2.09. The summed E-state index contributed by atoms with van der Waals surface area (Å²) < 4.78 is 17.0. The molecular formula is C16H17BrO3. The average Bonchev–Trinajstić information content (AvgIpc) is 2.47. The Morgan fingerprint density at radius 3 is 2.55 bits per heavy atom. The van der Waals surface area contributed by atoms with Crippen molar-refractivity contribution >= 4 is 15.9 Å². The second-order valence-electron chi connectivity index (χ2n) is 4.13. The molecule has 0 heterocycles. The maximum atomic E-state index is 5.67. The molecule has 0 aliphatic carbocycles. The van der Waals surface area contributed by atoms with Crippen LogP contribution in [0.3, 0.4) is 0 Å². The van der Waals surface area contributed by atoms with Crippen LogP contribution < -0.4 is 9.47 Å². The first-order valence-corrected chi connectivity index (χ1v) is 7.19. The van der Waals surface area contributed by atoms with Gasteiger partial charge in [-0.25, -0.2) is 0 Å². The predicted octanol–water partition coefficient (Wildman–Crippen LogP) is 4.50. The smallest absolute Gasteiger partial charge is 0.188 e. The van der Waals surface area contributed by atoms with Crippen molar-refractivity contribution in [3.63, 3.8) is 0 Å². The van der Waals surface area contributed by atoms with Crippen LogP contribution in [0, 0.1) is 0 Å². The molecule has 0 aromatic heterocycles. The van der Waals surface area contributed by atoms with Gasteiger partial charge in [0.2, 0.25) is 0 Å². The number of methoxy groups -OCH3 is 1. The number of rotatable bonds is 6. The van der Waals surface area contributed by atoms with E-state index < -0.39 is 0 Å². The van der Waals surface area contributed by atoms with Crippen molar-refractivity contribution in [3.8, 4) is 22.6 Å². The number of benzene rings is 2. The zero-order valence-electron chi connectivity index (χ0n) is 11.6. The zero-order valence-corrected chi connectivity index (χ0v) is 13.1. The Kier molecular flexibility index (Phi) is 5.44. The van der Waals surface area contributed by atoms with Gasteiger partial charge in [-0.15, -0.1) is 0 Å². The van der Waals surface area contributed by atoms with Gasteiger partial charge < -0.3 is 14.2 Å².